The zero-order valence-corrected chi connectivity index (χ0v) is 7.98. The van der Waals surface area contributed by atoms with Crippen molar-refractivity contribution in [2.24, 2.45) is 0 Å². The highest BCUT2D eigenvalue weighted by atomic mass is 16.5. The molecule has 0 fully saturated rings. The topological polar surface area (TPSA) is 87.7 Å². The monoisotopic (exact) mass is 210 g/mol. The number of rotatable bonds is 1. The minimum atomic E-state index is -0.762. The molecule has 0 spiro atoms. The standard InChI is InChI=1S/C9H10N2O4/c1-15-9(14)11-10-8(13)6-2-4-7(12)5-3-6/h2-5,12H,1H3,(H,10,13)(H,11,14). The van der Waals surface area contributed by atoms with Gasteiger partial charge in [-0.05, 0) is 24.3 Å². The van der Waals surface area contributed by atoms with Crippen LogP contribution in [0.1, 0.15) is 10.4 Å². The molecule has 80 valence electrons. The van der Waals surface area contributed by atoms with Gasteiger partial charge >= 0.3 is 6.09 Å². The van der Waals surface area contributed by atoms with Gasteiger partial charge in [0.1, 0.15) is 5.75 Å². The first-order valence-electron chi connectivity index (χ1n) is 4.07. The second-order valence-electron chi connectivity index (χ2n) is 2.62. The number of methoxy groups -OCH3 is 1. The van der Waals surface area contributed by atoms with Crippen LogP contribution in [0.3, 0.4) is 0 Å². The number of phenols is 1. The number of ether oxygens (including phenoxy) is 1. The van der Waals surface area contributed by atoms with Gasteiger partial charge in [0.15, 0.2) is 0 Å². The minimum Gasteiger partial charge on any atom is -0.508 e. The first-order chi connectivity index (χ1) is 7.13. The highest BCUT2D eigenvalue weighted by Crippen LogP contribution is 2.08. The number of amides is 2. The maximum atomic E-state index is 11.3. The molecule has 0 saturated heterocycles. The molecule has 6 nitrogen and oxygen atoms in total. The molecule has 0 radical (unpaired) electrons. The predicted octanol–water partition coefficient (Wildman–Crippen LogP) is 0.393. The molecule has 0 saturated carbocycles. The molecule has 0 unspecified atom stereocenters. The van der Waals surface area contributed by atoms with Crippen LogP contribution in [0.15, 0.2) is 24.3 Å². The summed E-state index contributed by atoms with van der Waals surface area (Å²) in [7, 11) is 1.18. The molecule has 6 heteroatoms. The fraction of sp³-hybridized carbons (Fsp3) is 0.111. The Bertz CT molecular complexity index is 361. The number of hydrazine groups is 1. The zero-order chi connectivity index (χ0) is 11.3. The van der Waals surface area contributed by atoms with Gasteiger partial charge < -0.3 is 9.84 Å². The van der Waals surface area contributed by atoms with E-state index < -0.39 is 12.0 Å². The molecule has 3 N–H and O–H groups in total. The van der Waals surface area contributed by atoms with E-state index in [2.05, 4.69) is 10.2 Å². The maximum absolute atomic E-state index is 11.3. The molecule has 0 aromatic heterocycles. The second kappa shape index (κ2) is 4.85. The van der Waals surface area contributed by atoms with Gasteiger partial charge in [-0.3, -0.25) is 10.2 Å². The largest absolute Gasteiger partial charge is 0.508 e. The first-order valence-corrected chi connectivity index (χ1v) is 4.07. The Hall–Kier alpha value is -2.24. The third-order valence-corrected chi connectivity index (χ3v) is 1.59. The lowest BCUT2D eigenvalue weighted by Gasteiger charge is -2.05. The number of carbonyl (C=O) groups is 2. The minimum absolute atomic E-state index is 0.0625. The van der Waals surface area contributed by atoms with Gasteiger partial charge in [-0.15, -0.1) is 0 Å². The van der Waals surface area contributed by atoms with Crippen molar-refractivity contribution in [3.05, 3.63) is 29.8 Å². The summed E-state index contributed by atoms with van der Waals surface area (Å²) in [6.45, 7) is 0. The van der Waals surface area contributed by atoms with Gasteiger partial charge in [0.25, 0.3) is 5.91 Å². The maximum Gasteiger partial charge on any atom is 0.425 e. The molecule has 0 aliphatic heterocycles. The Labute approximate surface area is 85.8 Å². The predicted molar refractivity (Wildman–Crippen MR) is 51.1 cm³/mol. The molecule has 0 heterocycles. The van der Waals surface area contributed by atoms with Gasteiger partial charge in [-0.25, -0.2) is 10.2 Å². The van der Waals surface area contributed by atoms with Crippen LogP contribution in [0.4, 0.5) is 4.79 Å². The number of aromatic hydroxyl groups is 1. The van der Waals surface area contributed by atoms with E-state index in [1.165, 1.54) is 31.4 Å². The van der Waals surface area contributed by atoms with E-state index in [-0.39, 0.29) is 5.75 Å². The fourth-order valence-electron chi connectivity index (χ4n) is 0.844. The van der Waals surface area contributed by atoms with E-state index >= 15 is 0 Å². The lowest BCUT2D eigenvalue weighted by atomic mass is 10.2. The van der Waals surface area contributed by atoms with Crippen LogP contribution in [-0.4, -0.2) is 24.2 Å². The molecule has 0 aliphatic carbocycles. The number of hydrogen-bond donors (Lipinski definition) is 3. The smallest absolute Gasteiger partial charge is 0.425 e. The average molecular weight is 210 g/mol. The number of hydrogen-bond acceptors (Lipinski definition) is 4. The summed E-state index contributed by atoms with van der Waals surface area (Å²) >= 11 is 0. The van der Waals surface area contributed by atoms with Gasteiger partial charge in [-0.2, -0.15) is 0 Å². The van der Waals surface area contributed by atoms with Crippen LogP contribution in [0.2, 0.25) is 0 Å². The van der Waals surface area contributed by atoms with E-state index in [9.17, 15) is 9.59 Å². The van der Waals surface area contributed by atoms with Crippen LogP contribution >= 0.6 is 0 Å². The van der Waals surface area contributed by atoms with Crippen molar-refractivity contribution in [1.29, 1.82) is 0 Å². The fourth-order valence-corrected chi connectivity index (χ4v) is 0.844. The van der Waals surface area contributed by atoms with Gasteiger partial charge in [0.2, 0.25) is 0 Å². The number of carbonyl (C=O) groups excluding carboxylic acids is 2. The van der Waals surface area contributed by atoms with Crippen LogP contribution < -0.4 is 10.9 Å². The summed E-state index contributed by atoms with van der Waals surface area (Å²) < 4.78 is 4.25. The van der Waals surface area contributed by atoms with Crippen molar-refractivity contribution in [3.8, 4) is 5.75 Å². The van der Waals surface area contributed by atoms with Gasteiger partial charge in [-0.1, -0.05) is 0 Å². The summed E-state index contributed by atoms with van der Waals surface area (Å²) in [5.74, 6) is -0.437. The number of benzene rings is 1. The van der Waals surface area contributed by atoms with Crippen LogP contribution in [0.25, 0.3) is 0 Å². The third kappa shape index (κ3) is 3.18. The second-order valence-corrected chi connectivity index (χ2v) is 2.62. The van der Waals surface area contributed by atoms with Crippen molar-refractivity contribution in [1.82, 2.24) is 10.9 Å². The average Bonchev–Trinajstić information content (AvgIpc) is 2.26. The highest BCUT2D eigenvalue weighted by molar-refractivity contribution is 5.94. The Kier molecular flexibility index (Phi) is 3.50. The van der Waals surface area contributed by atoms with E-state index in [1.54, 1.807) is 0 Å². The molecule has 0 bridgehead atoms. The number of nitrogens with one attached hydrogen (secondary N) is 2. The molecule has 0 atom stereocenters. The van der Waals surface area contributed by atoms with Gasteiger partial charge in [0.05, 0.1) is 7.11 Å². The molecule has 0 aliphatic rings. The molecule has 1 aromatic rings. The lowest BCUT2D eigenvalue weighted by Crippen LogP contribution is -2.41. The van der Waals surface area contributed by atoms with E-state index in [0.29, 0.717) is 5.56 Å². The summed E-state index contributed by atoms with van der Waals surface area (Å²) in [5, 5.41) is 8.97. The van der Waals surface area contributed by atoms with Crippen LogP contribution in [-0.2, 0) is 4.74 Å². The van der Waals surface area contributed by atoms with Gasteiger partial charge in [0, 0.05) is 5.56 Å². The van der Waals surface area contributed by atoms with Crippen molar-refractivity contribution in [3.63, 3.8) is 0 Å². The van der Waals surface area contributed by atoms with Crippen molar-refractivity contribution < 1.29 is 19.4 Å². The Morgan fingerprint density at radius 2 is 1.80 bits per heavy atom. The summed E-state index contributed by atoms with van der Waals surface area (Å²) in [4.78, 5) is 21.9. The van der Waals surface area contributed by atoms with Crippen molar-refractivity contribution in [2.75, 3.05) is 7.11 Å². The molecule has 1 aromatic carbocycles. The normalized spacial score (nSPS) is 9.13. The van der Waals surface area contributed by atoms with Crippen LogP contribution in [0.5, 0.6) is 5.75 Å². The summed E-state index contributed by atoms with van der Waals surface area (Å²) in [6.07, 6.45) is -0.762. The summed E-state index contributed by atoms with van der Waals surface area (Å²) in [6, 6.07) is 5.58. The Balaban J connectivity index is 2.54. The quantitative estimate of drug-likeness (QED) is 0.585. The Morgan fingerprint density at radius 3 is 2.33 bits per heavy atom. The molecule has 1 rings (SSSR count). The van der Waals surface area contributed by atoms with Crippen LogP contribution in [0, 0.1) is 0 Å². The molecular formula is C9H10N2O4. The molecular weight excluding hydrogens is 200 g/mol. The number of phenolic OH excluding ortho intramolecular Hbond substituents is 1. The zero-order valence-electron chi connectivity index (χ0n) is 7.98. The van der Waals surface area contributed by atoms with E-state index in [1.807, 2.05) is 5.43 Å². The lowest BCUT2D eigenvalue weighted by molar-refractivity contribution is 0.0920. The Morgan fingerprint density at radius 1 is 1.20 bits per heavy atom. The third-order valence-electron chi connectivity index (χ3n) is 1.59. The first kappa shape index (κ1) is 10.8. The molecule has 2 amide bonds. The summed E-state index contributed by atoms with van der Waals surface area (Å²) in [5.41, 5.74) is 4.46. The van der Waals surface area contributed by atoms with E-state index in [0.717, 1.165) is 0 Å². The van der Waals surface area contributed by atoms with Crippen molar-refractivity contribution in [2.45, 2.75) is 0 Å². The molecule has 15 heavy (non-hydrogen) atoms. The SMILES string of the molecule is COC(=O)NNC(=O)c1ccc(O)cc1. The van der Waals surface area contributed by atoms with Crippen molar-refractivity contribution >= 4 is 12.0 Å². The highest BCUT2D eigenvalue weighted by Gasteiger charge is 2.06. The van der Waals surface area contributed by atoms with E-state index in [4.69, 9.17) is 5.11 Å².